The number of likely N-dealkylation sites (N-methyl/N-ethyl adjacent to an activating group) is 1. The highest BCUT2D eigenvalue weighted by molar-refractivity contribution is 7.71. The van der Waals surface area contributed by atoms with Crippen molar-refractivity contribution in [3.05, 3.63) is 10.5 Å². The van der Waals surface area contributed by atoms with Crippen LogP contribution in [0.3, 0.4) is 0 Å². The number of nitrogens with zero attached hydrogens (tertiary/aromatic N) is 4. The number of fused-ring (bicyclic) bond motifs is 1. The fourth-order valence-electron chi connectivity index (χ4n) is 2.48. The predicted octanol–water partition coefficient (Wildman–Crippen LogP) is 1.86. The number of aromatic nitrogens is 4. The zero-order valence-corrected chi connectivity index (χ0v) is 13.3. The Bertz CT molecular complexity index is 677. The zero-order chi connectivity index (χ0) is 14.9. The molecule has 0 bridgehead atoms. The summed E-state index contributed by atoms with van der Waals surface area (Å²) in [6, 6.07) is 0. The van der Waals surface area contributed by atoms with Gasteiger partial charge in [-0.25, -0.2) is 0 Å². The Labute approximate surface area is 123 Å². The van der Waals surface area contributed by atoms with Crippen LogP contribution in [0.4, 0.5) is 0 Å². The Hall–Kier alpha value is -1.63. The summed E-state index contributed by atoms with van der Waals surface area (Å²) in [6.07, 6.45) is 0.830. The molecule has 1 amide bonds. The van der Waals surface area contributed by atoms with Crippen LogP contribution in [0.1, 0.15) is 26.5 Å². The molecular weight excluding hydrogens is 274 g/mol. The van der Waals surface area contributed by atoms with E-state index in [9.17, 15) is 4.79 Å². The molecule has 0 unspecified atom stereocenters. The van der Waals surface area contributed by atoms with Crippen LogP contribution in [-0.2, 0) is 24.8 Å². The topological polar surface area (TPSA) is 58.9 Å². The fraction of sp³-hybridized carbons (Fsp3) is 0.615. The van der Waals surface area contributed by atoms with Crippen LogP contribution in [0.2, 0.25) is 0 Å². The third-order valence-electron chi connectivity index (χ3n) is 3.57. The number of hydrogen-bond acceptors (Lipinski definition) is 3. The van der Waals surface area contributed by atoms with Crippen LogP contribution in [0.25, 0.3) is 11.2 Å². The maximum absolute atomic E-state index is 12.3. The van der Waals surface area contributed by atoms with E-state index >= 15 is 0 Å². The molecule has 0 spiro atoms. The number of nitrogens with one attached hydrogen (secondary N) is 1. The first-order valence-corrected chi connectivity index (χ1v) is 7.36. The number of rotatable bonds is 5. The van der Waals surface area contributed by atoms with Gasteiger partial charge in [0, 0.05) is 20.1 Å². The molecule has 2 aromatic heterocycles. The molecule has 6 nitrogen and oxygen atoms in total. The summed E-state index contributed by atoms with van der Waals surface area (Å²) in [5, 5.41) is 4.46. The Morgan fingerprint density at radius 3 is 2.55 bits per heavy atom. The van der Waals surface area contributed by atoms with Crippen molar-refractivity contribution in [3.63, 3.8) is 0 Å². The van der Waals surface area contributed by atoms with E-state index in [2.05, 4.69) is 17.0 Å². The molecule has 20 heavy (non-hydrogen) atoms. The average Bonchev–Trinajstić information content (AvgIpc) is 2.90. The summed E-state index contributed by atoms with van der Waals surface area (Å²) < 4.78 is 4.19. The molecule has 7 heteroatoms. The third kappa shape index (κ3) is 2.37. The lowest BCUT2D eigenvalue weighted by molar-refractivity contribution is -0.131. The molecule has 2 aromatic rings. The van der Waals surface area contributed by atoms with E-state index in [1.165, 1.54) is 0 Å². The van der Waals surface area contributed by atoms with E-state index in [0.717, 1.165) is 23.3 Å². The summed E-state index contributed by atoms with van der Waals surface area (Å²) in [7, 11) is 1.88. The van der Waals surface area contributed by atoms with E-state index in [1.807, 2.05) is 25.5 Å². The number of carbonyl (C=O) groups is 1. The molecule has 0 saturated carbocycles. The largest absolute Gasteiger partial charge is 0.342 e. The van der Waals surface area contributed by atoms with Crippen LogP contribution < -0.4 is 0 Å². The number of aromatic amines is 1. The molecular formula is C13H21N5OS. The molecule has 0 aromatic carbocycles. The summed E-state index contributed by atoms with van der Waals surface area (Å²) in [5.41, 5.74) is 2.79. The highest BCUT2D eigenvalue weighted by atomic mass is 32.1. The molecule has 0 aliphatic carbocycles. The monoisotopic (exact) mass is 295 g/mol. The molecule has 0 aliphatic rings. The van der Waals surface area contributed by atoms with Gasteiger partial charge in [0.25, 0.3) is 0 Å². The molecule has 0 radical (unpaired) electrons. The minimum absolute atomic E-state index is 0.0752. The maximum atomic E-state index is 12.3. The number of H-pyrrole nitrogens is 1. The minimum atomic E-state index is 0.0752. The second-order valence-electron chi connectivity index (χ2n) is 4.70. The highest BCUT2D eigenvalue weighted by Crippen LogP contribution is 2.18. The van der Waals surface area contributed by atoms with Gasteiger partial charge in [0.1, 0.15) is 12.1 Å². The van der Waals surface area contributed by atoms with Gasteiger partial charge in [0.2, 0.25) is 5.91 Å². The Kier molecular flexibility index (Phi) is 4.27. The molecule has 2 rings (SSSR count). The predicted molar refractivity (Wildman–Crippen MR) is 81.2 cm³/mol. The lowest BCUT2D eigenvalue weighted by Gasteiger charge is -2.18. The van der Waals surface area contributed by atoms with Gasteiger partial charge in [0.05, 0.1) is 5.69 Å². The van der Waals surface area contributed by atoms with E-state index in [-0.39, 0.29) is 12.5 Å². The standard InChI is InChI=1S/C13H21N5OS/c1-5-9-11-12(16(4)15-9)18(13(20)14-11)8-10(19)17(6-2)7-3/h5-8H2,1-4H3,(H,14,20). The summed E-state index contributed by atoms with van der Waals surface area (Å²) >= 11 is 5.35. The Balaban J connectivity index is 2.45. The molecule has 0 atom stereocenters. The summed E-state index contributed by atoms with van der Waals surface area (Å²) in [6.45, 7) is 7.68. The van der Waals surface area contributed by atoms with Gasteiger partial charge in [-0.3, -0.25) is 14.0 Å². The molecule has 2 heterocycles. The smallest absolute Gasteiger partial charge is 0.242 e. The van der Waals surface area contributed by atoms with Crippen molar-refractivity contribution in [1.29, 1.82) is 0 Å². The number of amides is 1. The number of hydrogen-bond donors (Lipinski definition) is 1. The van der Waals surface area contributed by atoms with Gasteiger partial charge in [-0.15, -0.1) is 0 Å². The van der Waals surface area contributed by atoms with Crippen molar-refractivity contribution in [2.24, 2.45) is 7.05 Å². The molecule has 0 aliphatic heterocycles. The van der Waals surface area contributed by atoms with Crippen LogP contribution in [0.15, 0.2) is 0 Å². The average molecular weight is 295 g/mol. The van der Waals surface area contributed by atoms with Gasteiger partial charge < -0.3 is 9.88 Å². The minimum Gasteiger partial charge on any atom is -0.342 e. The van der Waals surface area contributed by atoms with Crippen molar-refractivity contribution < 1.29 is 4.79 Å². The van der Waals surface area contributed by atoms with Crippen LogP contribution in [0.5, 0.6) is 0 Å². The van der Waals surface area contributed by atoms with Gasteiger partial charge in [0.15, 0.2) is 10.4 Å². The van der Waals surface area contributed by atoms with E-state index in [1.54, 1.807) is 9.58 Å². The molecule has 0 fully saturated rings. The number of carbonyl (C=O) groups excluding carboxylic acids is 1. The first kappa shape index (κ1) is 14.8. The van der Waals surface area contributed by atoms with Gasteiger partial charge in [-0.1, -0.05) is 6.92 Å². The Morgan fingerprint density at radius 2 is 2.00 bits per heavy atom. The fourth-order valence-corrected chi connectivity index (χ4v) is 2.74. The van der Waals surface area contributed by atoms with E-state index in [0.29, 0.717) is 17.9 Å². The molecule has 0 saturated heterocycles. The van der Waals surface area contributed by atoms with Crippen molar-refractivity contribution >= 4 is 29.3 Å². The second-order valence-corrected chi connectivity index (χ2v) is 5.09. The van der Waals surface area contributed by atoms with E-state index in [4.69, 9.17) is 12.2 Å². The summed E-state index contributed by atoms with van der Waals surface area (Å²) in [4.78, 5) is 17.2. The normalized spacial score (nSPS) is 11.2. The first-order valence-electron chi connectivity index (χ1n) is 6.95. The molecule has 110 valence electrons. The van der Waals surface area contributed by atoms with Crippen molar-refractivity contribution in [1.82, 2.24) is 24.2 Å². The number of imidazole rings is 1. The van der Waals surface area contributed by atoms with Crippen molar-refractivity contribution in [2.45, 2.75) is 33.7 Å². The third-order valence-corrected chi connectivity index (χ3v) is 3.89. The van der Waals surface area contributed by atoms with Crippen molar-refractivity contribution in [3.8, 4) is 0 Å². The van der Waals surface area contributed by atoms with Gasteiger partial charge in [-0.05, 0) is 32.5 Å². The van der Waals surface area contributed by atoms with Crippen LogP contribution in [0, 0.1) is 4.77 Å². The van der Waals surface area contributed by atoms with Gasteiger partial charge in [-0.2, -0.15) is 5.10 Å². The first-order chi connectivity index (χ1) is 9.53. The SMILES string of the molecule is CCc1nn(C)c2c1[nH]c(=S)n2CC(=O)N(CC)CC. The second kappa shape index (κ2) is 5.78. The Morgan fingerprint density at radius 1 is 1.35 bits per heavy atom. The van der Waals surface area contributed by atoms with Crippen LogP contribution in [-0.4, -0.2) is 43.2 Å². The van der Waals surface area contributed by atoms with Crippen molar-refractivity contribution in [2.75, 3.05) is 13.1 Å². The zero-order valence-electron chi connectivity index (χ0n) is 12.4. The van der Waals surface area contributed by atoms with Crippen LogP contribution >= 0.6 is 12.2 Å². The lowest BCUT2D eigenvalue weighted by Crippen LogP contribution is -2.33. The highest BCUT2D eigenvalue weighted by Gasteiger charge is 2.18. The lowest BCUT2D eigenvalue weighted by atomic mass is 10.3. The van der Waals surface area contributed by atoms with E-state index < -0.39 is 0 Å². The van der Waals surface area contributed by atoms with Gasteiger partial charge >= 0.3 is 0 Å². The summed E-state index contributed by atoms with van der Waals surface area (Å²) in [5.74, 6) is 0.0752. The quantitative estimate of drug-likeness (QED) is 0.857. The molecule has 1 N–H and O–H groups in total. The maximum Gasteiger partial charge on any atom is 0.242 e. The number of aryl methyl sites for hydroxylation is 2.